The highest BCUT2D eigenvalue weighted by molar-refractivity contribution is 7.93. The first-order valence-corrected chi connectivity index (χ1v) is 21.4. The largest absolute Gasteiger partial charge is 0.421 e. The Morgan fingerprint density at radius 3 is 2.42 bits per heavy atom. The first-order chi connectivity index (χ1) is 27.8. The van der Waals surface area contributed by atoms with Crippen LogP contribution in [0.2, 0.25) is 0 Å². The average Bonchev–Trinajstić information content (AvgIpc) is 3.16. The van der Waals surface area contributed by atoms with Gasteiger partial charge in [0.15, 0.2) is 0 Å². The van der Waals surface area contributed by atoms with Crippen LogP contribution in [0.1, 0.15) is 88.2 Å². The van der Waals surface area contributed by atoms with Crippen LogP contribution >= 0.6 is 0 Å². The van der Waals surface area contributed by atoms with Gasteiger partial charge in [-0.1, -0.05) is 6.07 Å². The molecule has 59 heavy (non-hydrogen) atoms. The number of rotatable bonds is 10. The minimum atomic E-state index is -4.78. The van der Waals surface area contributed by atoms with Crippen LogP contribution in [0.4, 0.5) is 39.4 Å². The van der Waals surface area contributed by atoms with Gasteiger partial charge in [-0.15, -0.1) is 0 Å². The van der Waals surface area contributed by atoms with E-state index < -0.39 is 75.6 Å². The summed E-state index contributed by atoms with van der Waals surface area (Å²) in [6.07, 6.45) is -0.794. The number of β-amino-alcohol motifs (C(OH)–C–C–N with tert-alkyl or cyclic N) is 2. The lowest BCUT2D eigenvalue weighted by Gasteiger charge is -2.40. The fraction of sp³-hybridized carbons (Fsp3) is 0.590. The molecule has 4 heterocycles. The first kappa shape index (κ1) is 42.9. The average molecular weight is 853 g/mol. The Balaban J connectivity index is 0.899. The number of aliphatic hydroxyl groups is 2. The van der Waals surface area contributed by atoms with Crippen LogP contribution in [-0.2, 0) is 25.8 Å². The second-order valence-corrected chi connectivity index (χ2v) is 18.2. The van der Waals surface area contributed by atoms with Crippen molar-refractivity contribution in [2.45, 2.75) is 119 Å². The van der Waals surface area contributed by atoms with Crippen LogP contribution in [0.5, 0.6) is 0 Å². The number of alkyl halides is 4. The lowest BCUT2D eigenvalue weighted by atomic mass is 9.89. The standard InChI is InChI=1S/C39H49F5N8O6S/c1-38(56)14-2-15-52(21-38)35-28(39(42,43)44)19-45-37(49-35)47-31-11-8-25(18-30(31)41)59(57,58)50-23-5-3-22(4-6-23)46-32-13-16-51(20-33(32)53)24-7-9-26(29(40)17-24)27-10-12-34(54)48-36(27)55/h7-9,11,17,19,22-23,27,30,32-33,46,50,53,56H,2-6,10,12-16,18,20-21H2,1H3,(H,45,47,49)(H,48,54,55)/t22?,23?,27?,30?,32-,33-,38-/m0/s1. The number of sulfonamides is 1. The zero-order valence-corrected chi connectivity index (χ0v) is 33.3. The number of amides is 2. The highest BCUT2D eigenvalue weighted by atomic mass is 32.2. The zero-order chi connectivity index (χ0) is 42.3. The van der Waals surface area contributed by atoms with Crippen LogP contribution in [0.15, 0.2) is 47.2 Å². The molecule has 4 fully saturated rings. The van der Waals surface area contributed by atoms with E-state index in [-0.39, 0.29) is 72.6 Å². The summed E-state index contributed by atoms with van der Waals surface area (Å²) in [5.74, 6) is -2.92. The maximum absolute atomic E-state index is 15.5. The second kappa shape index (κ2) is 17.0. The predicted octanol–water partition coefficient (Wildman–Crippen LogP) is 3.89. The molecular weight excluding hydrogens is 804 g/mol. The third-order valence-electron chi connectivity index (χ3n) is 11.9. The summed E-state index contributed by atoms with van der Waals surface area (Å²) in [6, 6.07) is 4.00. The Morgan fingerprint density at radius 1 is 1.02 bits per heavy atom. The summed E-state index contributed by atoms with van der Waals surface area (Å²) in [5, 5.41) is 29.9. The van der Waals surface area contributed by atoms with Crippen molar-refractivity contribution in [3.63, 3.8) is 0 Å². The number of nitrogens with one attached hydrogen (secondary N) is 4. The minimum absolute atomic E-state index is 0.0175. The van der Waals surface area contributed by atoms with E-state index in [9.17, 15) is 41.4 Å². The van der Waals surface area contributed by atoms with Crippen molar-refractivity contribution in [2.75, 3.05) is 41.3 Å². The first-order valence-electron chi connectivity index (χ1n) is 19.9. The van der Waals surface area contributed by atoms with Gasteiger partial charge in [-0.05, 0) is 82.6 Å². The Kier molecular flexibility index (Phi) is 12.4. The summed E-state index contributed by atoms with van der Waals surface area (Å²) in [5.41, 5.74) is -1.63. The lowest BCUT2D eigenvalue weighted by Crippen LogP contribution is -2.56. The molecule has 3 saturated heterocycles. The number of benzene rings is 1. The van der Waals surface area contributed by atoms with E-state index in [1.54, 1.807) is 12.1 Å². The number of hydrogen-bond donors (Lipinski definition) is 6. The fourth-order valence-corrected chi connectivity index (χ4v) is 10.1. The van der Waals surface area contributed by atoms with Crippen molar-refractivity contribution in [1.29, 1.82) is 0 Å². The molecule has 0 bridgehead atoms. The van der Waals surface area contributed by atoms with Gasteiger partial charge in [0.05, 0.1) is 28.2 Å². The molecule has 322 valence electrons. The molecule has 2 unspecified atom stereocenters. The van der Waals surface area contributed by atoms with Crippen LogP contribution in [0.3, 0.4) is 0 Å². The Hall–Kier alpha value is -4.24. The molecule has 3 aliphatic heterocycles. The van der Waals surface area contributed by atoms with Crippen molar-refractivity contribution in [3.05, 3.63) is 64.1 Å². The number of piperidine rings is 3. The highest BCUT2D eigenvalue weighted by Gasteiger charge is 2.40. The molecule has 7 rings (SSSR count). The van der Waals surface area contributed by atoms with Crippen LogP contribution in [-0.4, -0.2) is 103 Å². The van der Waals surface area contributed by atoms with Crippen LogP contribution < -0.4 is 30.5 Å². The molecule has 0 radical (unpaired) electrons. The van der Waals surface area contributed by atoms with Gasteiger partial charge in [-0.25, -0.2) is 26.9 Å². The van der Waals surface area contributed by atoms with Gasteiger partial charge in [-0.3, -0.25) is 14.9 Å². The molecule has 14 nitrogen and oxygen atoms in total. The number of carbonyl (C=O) groups excluding carboxylic acids is 2. The maximum Gasteiger partial charge on any atom is 0.421 e. The smallest absolute Gasteiger partial charge is 0.390 e. The zero-order valence-electron chi connectivity index (χ0n) is 32.4. The summed E-state index contributed by atoms with van der Waals surface area (Å²) >= 11 is 0. The van der Waals surface area contributed by atoms with E-state index in [1.165, 1.54) is 30.0 Å². The molecule has 20 heteroatoms. The molecule has 1 aromatic carbocycles. The summed E-state index contributed by atoms with van der Waals surface area (Å²) < 4.78 is 102. The number of hydrogen-bond acceptors (Lipinski definition) is 12. The van der Waals surface area contributed by atoms with Crippen LogP contribution in [0.25, 0.3) is 0 Å². The van der Waals surface area contributed by atoms with E-state index in [4.69, 9.17) is 0 Å². The quantitative estimate of drug-likeness (QED) is 0.150. The summed E-state index contributed by atoms with van der Waals surface area (Å²) in [7, 11) is -4.08. The van der Waals surface area contributed by atoms with Gasteiger partial charge in [-0.2, -0.15) is 18.2 Å². The molecule has 2 aromatic rings. The van der Waals surface area contributed by atoms with Crippen molar-refractivity contribution in [2.24, 2.45) is 0 Å². The van der Waals surface area contributed by atoms with Gasteiger partial charge >= 0.3 is 6.18 Å². The number of halogens is 5. The monoisotopic (exact) mass is 852 g/mol. The maximum atomic E-state index is 15.5. The van der Waals surface area contributed by atoms with E-state index in [0.717, 1.165) is 0 Å². The van der Waals surface area contributed by atoms with Gasteiger partial charge in [0.1, 0.15) is 23.4 Å². The Bertz CT molecular complexity index is 2090. The third-order valence-corrected chi connectivity index (χ3v) is 13.5. The summed E-state index contributed by atoms with van der Waals surface area (Å²) in [6.45, 7) is 2.46. The predicted molar refractivity (Wildman–Crippen MR) is 208 cm³/mol. The normalized spacial score (nSPS) is 29.8. The van der Waals surface area contributed by atoms with E-state index >= 15 is 8.78 Å². The number of imide groups is 1. The van der Waals surface area contributed by atoms with Gasteiger partial charge < -0.3 is 30.6 Å². The fourth-order valence-electron chi connectivity index (χ4n) is 8.69. The number of nitrogens with zero attached hydrogens (tertiary/aromatic N) is 4. The van der Waals surface area contributed by atoms with E-state index in [2.05, 4.69) is 30.6 Å². The van der Waals surface area contributed by atoms with Gasteiger partial charge in [0.25, 0.3) is 0 Å². The second-order valence-electron chi connectivity index (χ2n) is 16.5. The molecule has 5 atom stereocenters. The van der Waals surface area contributed by atoms with Crippen molar-refractivity contribution in [3.8, 4) is 0 Å². The number of aromatic nitrogens is 2. The highest BCUT2D eigenvalue weighted by Crippen LogP contribution is 2.38. The molecular formula is C39H49F5N8O6S. The topological polar surface area (TPSA) is 189 Å². The molecule has 2 amide bonds. The Labute approximate surface area is 338 Å². The van der Waals surface area contributed by atoms with E-state index in [1.807, 2.05) is 4.90 Å². The minimum Gasteiger partial charge on any atom is -0.390 e. The van der Waals surface area contributed by atoms with Crippen LogP contribution in [0, 0.1) is 5.82 Å². The van der Waals surface area contributed by atoms with E-state index in [0.29, 0.717) is 63.4 Å². The van der Waals surface area contributed by atoms with Crippen molar-refractivity contribution >= 4 is 39.3 Å². The number of carbonyl (C=O) groups is 2. The molecule has 6 N–H and O–H groups in total. The summed E-state index contributed by atoms with van der Waals surface area (Å²) in [4.78, 5) is 34.6. The van der Waals surface area contributed by atoms with Gasteiger partial charge in [0.2, 0.25) is 27.8 Å². The van der Waals surface area contributed by atoms with Crippen molar-refractivity contribution < 1.29 is 50.2 Å². The Morgan fingerprint density at radius 2 is 1.76 bits per heavy atom. The third kappa shape index (κ3) is 10.0. The van der Waals surface area contributed by atoms with Crippen molar-refractivity contribution in [1.82, 2.24) is 25.3 Å². The van der Waals surface area contributed by atoms with Gasteiger partial charge in [0, 0.05) is 74.6 Å². The molecule has 0 spiro atoms. The number of anilines is 3. The molecule has 2 aliphatic carbocycles. The molecule has 1 aromatic heterocycles. The molecule has 5 aliphatic rings. The number of allylic oxidation sites excluding steroid dienone is 4. The number of aliphatic hydroxyl groups excluding tert-OH is 1. The lowest BCUT2D eigenvalue weighted by molar-refractivity contribution is -0.138. The molecule has 1 saturated carbocycles. The SMILES string of the molecule is C[C@]1(O)CCCN(c2nc(NC3=CC=C(S(=O)(=O)NC4CCC(N[C@H]5CCN(c6ccc(C7CCC(=O)NC7=O)c(F)c6)C[C@@H]5O)CC4)CC3F)ncc2C(F)(F)F)C1.